The average molecular weight is 346 g/mol. The van der Waals surface area contributed by atoms with Crippen molar-refractivity contribution in [3.05, 3.63) is 46.5 Å². The van der Waals surface area contributed by atoms with E-state index in [0.717, 1.165) is 25.0 Å². The largest absolute Gasteiger partial charge is 0.467 e. The molecule has 5 heteroatoms. The Morgan fingerprint density at radius 3 is 2.71 bits per heavy atom. The number of amides is 2. The Labute approximate surface area is 147 Å². The Bertz CT molecular complexity index is 587. The molecule has 1 N–H and O–H groups in total. The molecule has 24 heavy (non-hydrogen) atoms. The van der Waals surface area contributed by atoms with Crippen molar-refractivity contribution in [2.45, 2.75) is 57.5 Å². The molecule has 1 fully saturated rings. The average Bonchev–Trinajstić information content (AvgIpc) is 3.22. The molecule has 0 atom stereocenters. The van der Waals surface area contributed by atoms with E-state index in [1.54, 1.807) is 17.6 Å². The second-order valence-corrected chi connectivity index (χ2v) is 7.50. The van der Waals surface area contributed by atoms with E-state index < -0.39 is 0 Å². The molecule has 0 saturated heterocycles. The topological polar surface area (TPSA) is 45.5 Å². The highest BCUT2D eigenvalue weighted by Crippen LogP contribution is 2.18. The summed E-state index contributed by atoms with van der Waals surface area (Å²) in [6.07, 6.45) is 9.78. The van der Waals surface area contributed by atoms with Crippen LogP contribution in [0.5, 0.6) is 0 Å². The van der Waals surface area contributed by atoms with Crippen molar-refractivity contribution in [1.82, 2.24) is 10.2 Å². The van der Waals surface area contributed by atoms with Gasteiger partial charge in [0.05, 0.1) is 12.8 Å². The molecule has 0 aliphatic heterocycles. The van der Waals surface area contributed by atoms with Gasteiger partial charge in [-0.05, 0) is 42.8 Å². The first-order valence-corrected chi connectivity index (χ1v) is 9.79. The van der Waals surface area contributed by atoms with E-state index >= 15 is 0 Å². The summed E-state index contributed by atoms with van der Waals surface area (Å²) in [5.41, 5.74) is 0. The third-order valence-corrected chi connectivity index (χ3v) is 5.54. The second-order valence-electron chi connectivity index (χ2n) is 6.47. The highest BCUT2D eigenvalue weighted by molar-refractivity contribution is 7.09. The highest BCUT2D eigenvalue weighted by atomic mass is 32.1. The van der Waals surface area contributed by atoms with Crippen LogP contribution in [-0.2, 0) is 13.0 Å². The SMILES string of the molecule is O=C(NC1CCCCCC1)N(CCc1cccs1)Cc1ccco1. The lowest BCUT2D eigenvalue weighted by Gasteiger charge is -2.25. The Kier molecular flexibility index (Phi) is 6.35. The highest BCUT2D eigenvalue weighted by Gasteiger charge is 2.20. The summed E-state index contributed by atoms with van der Waals surface area (Å²) >= 11 is 1.74. The Morgan fingerprint density at radius 1 is 1.21 bits per heavy atom. The molecule has 0 radical (unpaired) electrons. The number of thiophene rings is 1. The number of hydrogen-bond acceptors (Lipinski definition) is 3. The molecule has 130 valence electrons. The third kappa shape index (κ3) is 5.13. The molecule has 0 aromatic carbocycles. The predicted molar refractivity (Wildman–Crippen MR) is 97.2 cm³/mol. The monoisotopic (exact) mass is 346 g/mol. The van der Waals surface area contributed by atoms with Gasteiger partial charge in [0, 0.05) is 17.5 Å². The summed E-state index contributed by atoms with van der Waals surface area (Å²) in [5.74, 6) is 0.831. The van der Waals surface area contributed by atoms with Crippen LogP contribution in [0.1, 0.15) is 49.2 Å². The van der Waals surface area contributed by atoms with Gasteiger partial charge in [-0.15, -0.1) is 11.3 Å². The third-order valence-electron chi connectivity index (χ3n) is 4.61. The normalized spacial score (nSPS) is 15.8. The van der Waals surface area contributed by atoms with Crippen LogP contribution in [0.15, 0.2) is 40.3 Å². The summed E-state index contributed by atoms with van der Waals surface area (Å²) < 4.78 is 5.44. The summed E-state index contributed by atoms with van der Waals surface area (Å²) in [5, 5.41) is 5.33. The number of nitrogens with one attached hydrogen (secondary N) is 1. The molecule has 1 saturated carbocycles. The van der Waals surface area contributed by atoms with E-state index in [-0.39, 0.29) is 6.03 Å². The van der Waals surface area contributed by atoms with Gasteiger partial charge in [0.25, 0.3) is 0 Å². The minimum atomic E-state index is 0.0369. The van der Waals surface area contributed by atoms with Gasteiger partial charge in [-0.3, -0.25) is 0 Å². The number of hydrogen-bond donors (Lipinski definition) is 1. The van der Waals surface area contributed by atoms with E-state index in [9.17, 15) is 4.79 Å². The minimum absolute atomic E-state index is 0.0369. The Hall–Kier alpha value is -1.75. The fourth-order valence-electron chi connectivity index (χ4n) is 3.23. The maximum atomic E-state index is 12.8. The molecule has 0 spiro atoms. The van der Waals surface area contributed by atoms with Gasteiger partial charge in [-0.2, -0.15) is 0 Å². The molecule has 0 bridgehead atoms. The molecule has 2 aromatic rings. The summed E-state index contributed by atoms with van der Waals surface area (Å²) in [6, 6.07) is 8.34. The molecule has 3 rings (SSSR count). The lowest BCUT2D eigenvalue weighted by molar-refractivity contribution is 0.186. The summed E-state index contributed by atoms with van der Waals surface area (Å²) in [6.45, 7) is 1.23. The van der Waals surface area contributed by atoms with E-state index in [1.165, 1.54) is 30.6 Å². The van der Waals surface area contributed by atoms with Gasteiger partial charge in [-0.25, -0.2) is 4.79 Å². The van der Waals surface area contributed by atoms with E-state index in [0.29, 0.717) is 19.1 Å². The zero-order chi connectivity index (χ0) is 16.6. The van der Waals surface area contributed by atoms with Gasteiger partial charge in [-0.1, -0.05) is 31.7 Å². The van der Waals surface area contributed by atoms with Crippen LogP contribution >= 0.6 is 11.3 Å². The first kappa shape index (κ1) is 17.1. The lowest BCUT2D eigenvalue weighted by atomic mass is 10.1. The van der Waals surface area contributed by atoms with Crippen molar-refractivity contribution in [3.63, 3.8) is 0 Å². The number of carbonyl (C=O) groups excluding carboxylic acids is 1. The van der Waals surface area contributed by atoms with Gasteiger partial charge < -0.3 is 14.6 Å². The van der Waals surface area contributed by atoms with E-state index in [4.69, 9.17) is 4.42 Å². The van der Waals surface area contributed by atoms with E-state index in [2.05, 4.69) is 22.8 Å². The zero-order valence-corrected chi connectivity index (χ0v) is 14.9. The van der Waals surface area contributed by atoms with Crippen molar-refractivity contribution in [3.8, 4) is 0 Å². The van der Waals surface area contributed by atoms with Crippen LogP contribution in [0.2, 0.25) is 0 Å². The molecule has 1 aliphatic carbocycles. The van der Waals surface area contributed by atoms with Crippen LogP contribution in [0.3, 0.4) is 0 Å². The van der Waals surface area contributed by atoms with Crippen LogP contribution < -0.4 is 5.32 Å². The molecule has 2 amide bonds. The van der Waals surface area contributed by atoms with Crippen molar-refractivity contribution < 1.29 is 9.21 Å². The molecule has 2 heterocycles. The summed E-state index contributed by atoms with van der Waals surface area (Å²) in [4.78, 5) is 16.0. The van der Waals surface area contributed by atoms with Crippen molar-refractivity contribution in [2.75, 3.05) is 6.54 Å². The van der Waals surface area contributed by atoms with Crippen LogP contribution in [0.4, 0.5) is 4.79 Å². The first-order valence-electron chi connectivity index (χ1n) is 8.91. The zero-order valence-electron chi connectivity index (χ0n) is 14.1. The predicted octanol–water partition coefficient (Wildman–Crippen LogP) is 4.82. The molecule has 4 nitrogen and oxygen atoms in total. The Balaban J connectivity index is 1.59. The fraction of sp³-hybridized carbons (Fsp3) is 0.526. The van der Waals surface area contributed by atoms with Gasteiger partial charge in [0.2, 0.25) is 0 Å². The fourth-order valence-corrected chi connectivity index (χ4v) is 3.93. The van der Waals surface area contributed by atoms with Crippen molar-refractivity contribution in [1.29, 1.82) is 0 Å². The van der Waals surface area contributed by atoms with Crippen molar-refractivity contribution >= 4 is 17.4 Å². The number of rotatable bonds is 6. The van der Waals surface area contributed by atoms with Crippen molar-refractivity contribution in [2.24, 2.45) is 0 Å². The Morgan fingerprint density at radius 2 is 2.04 bits per heavy atom. The maximum Gasteiger partial charge on any atom is 0.318 e. The van der Waals surface area contributed by atoms with Gasteiger partial charge >= 0.3 is 6.03 Å². The van der Waals surface area contributed by atoms with Gasteiger partial charge in [0.1, 0.15) is 5.76 Å². The molecular formula is C19H26N2O2S. The standard InChI is InChI=1S/C19H26N2O2S/c22-19(20-16-7-3-1-2-4-8-16)21(15-17-9-5-13-23-17)12-11-18-10-6-14-24-18/h5-6,9-10,13-14,16H,1-4,7-8,11-12,15H2,(H,20,22). The number of furan rings is 1. The summed E-state index contributed by atoms with van der Waals surface area (Å²) in [7, 11) is 0. The van der Waals surface area contributed by atoms with Crippen LogP contribution in [0, 0.1) is 0 Å². The minimum Gasteiger partial charge on any atom is -0.467 e. The molecule has 0 unspecified atom stereocenters. The number of nitrogens with zero attached hydrogens (tertiary/aromatic N) is 1. The molecular weight excluding hydrogens is 320 g/mol. The molecule has 1 aliphatic rings. The van der Waals surface area contributed by atoms with Crippen LogP contribution in [-0.4, -0.2) is 23.5 Å². The van der Waals surface area contributed by atoms with Crippen LogP contribution in [0.25, 0.3) is 0 Å². The lowest BCUT2D eigenvalue weighted by Crippen LogP contribution is -2.45. The second kappa shape index (κ2) is 8.92. The first-order chi connectivity index (χ1) is 11.8. The smallest absolute Gasteiger partial charge is 0.318 e. The van der Waals surface area contributed by atoms with Gasteiger partial charge in [0.15, 0.2) is 0 Å². The maximum absolute atomic E-state index is 12.8. The van der Waals surface area contributed by atoms with E-state index in [1.807, 2.05) is 17.0 Å². The number of urea groups is 1. The number of carbonyl (C=O) groups is 1. The molecule has 2 aromatic heterocycles. The quantitative estimate of drug-likeness (QED) is 0.762.